The van der Waals surface area contributed by atoms with Crippen molar-refractivity contribution in [1.82, 2.24) is 9.55 Å². The molecule has 0 spiro atoms. The van der Waals surface area contributed by atoms with Crippen LogP contribution in [-0.2, 0) is 13.1 Å². The van der Waals surface area contributed by atoms with Crippen LogP contribution in [0.2, 0.25) is 0 Å². The van der Waals surface area contributed by atoms with Crippen molar-refractivity contribution in [3.05, 3.63) is 42.2 Å². The van der Waals surface area contributed by atoms with E-state index >= 15 is 0 Å². The van der Waals surface area contributed by atoms with Crippen LogP contribution in [0.15, 0.2) is 36.7 Å². The van der Waals surface area contributed by atoms with Crippen LogP contribution in [0, 0.1) is 0 Å². The van der Waals surface area contributed by atoms with E-state index in [1.165, 1.54) is 5.56 Å². The van der Waals surface area contributed by atoms with Crippen LogP contribution in [0.25, 0.3) is 0 Å². The molecule has 0 aliphatic carbocycles. The first kappa shape index (κ1) is 11.5. The number of hydrogen-bond acceptors (Lipinski definition) is 3. The van der Waals surface area contributed by atoms with Crippen molar-refractivity contribution in [3.63, 3.8) is 0 Å². The van der Waals surface area contributed by atoms with Gasteiger partial charge in [0.25, 0.3) is 0 Å². The summed E-state index contributed by atoms with van der Waals surface area (Å²) in [6, 6.07) is 8.02. The van der Waals surface area contributed by atoms with Gasteiger partial charge >= 0.3 is 0 Å². The molecule has 0 unspecified atom stereocenters. The molecular formula is C13H17N3O. The number of aromatic nitrogens is 2. The molecule has 0 radical (unpaired) electrons. The molecule has 2 rings (SSSR count). The van der Waals surface area contributed by atoms with Crippen molar-refractivity contribution in [1.29, 1.82) is 0 Å². The maximum absolute atomic E-state index is 5.12. The highest BCUT2D eigenvalue weighted by molar-refractivity contribution is 5.32. The molecule has 1 aromatic carbocycles. The van der Waals surface area contributed by atoms with Gasteiger partial charge < -0.3 is 14.6 Å². The molecule has 0 saturated carbocycles. The van der Waals surface area contributed by atoms with Crippen LogP contribution in [0.5, 0.6) is 5.75 Å². The van der Waals surface area contributed by atoms with Gasteiger partial charge in [-0.15, -0.1) is 0 Å². The Labute approximate surface area is 101 Å². The Balaban J connectivity index is 1.97. The molecule has 0 atom stereocenters. The fourth-order valence-electron chi connectivity index (χ4n) is 1.66. The third-order valence-corrected chi connectivity index (χ3v) is 2.67. The summed E-state index contributed by atoms with van der Waals surface area (Å²) in [5.74, 6) is 1.78. The maximum atomic E-state index is 5.12. The summed E-state index contributed by atoms with van der Waals surface area (Å²) < 4.78 is 7.19. The fourth-order valence-corrected chi connectivity index (χ4v) is 1.66. The van der Waals surface area contributed by atoms with Gasteiger partial charge in [0.2, 0.25) is 5.95 Å². The summed E-state index contributed by atoms with van der Waals surface area (Å²) >= 11 is 0. The van der Waals surface area contributed by atoms with E-state index in [9.17, 15) is 0 Å². The Bertz CT molecular complexity index is 462. The molecule has 0 saturated heterocycles. The van der Waals surface area contributed by atoms with E-state index in [-0.39, 0.29) is 0 Å². The first-order valence-corrected chi connectivity index (χ1v) is 5.71. The predicted octanol–water partition coefficient (Wildman–Crippen LogP) is 2.52. The van der Waals surface area contributed by atoms with Crippen molar-refractivity contribution in [2.24, 2.45) is 0 Å². The number of ether oxygens (including phenoxy) is 1. The Morgan fingerprint density at radius 3 is 2.71 bits per heavy atom. The minimum Gasteiger partial charge on any atom is -0.497 e. The Kier molecular flexibility index (Phi) is 3.65. The number of benzene rings is 1. The molecule has 4 nitrogen and oxygen atoms in total. The number of imidazole rings is 1. The number of rotatable bonds is 5. The van der Waals surface area contributed by atoms with Crippen molar-refractivity contribution in [2.45, 2.75) is 20.0 Å². The van der Waals surface area contributed by atoms with Gasteiger partial charge in [-0.2, -0.15) is 0 Å². The van der Waals surface area contributed by atoms with Gasteiger partial charge in [0.15, 0.2) is 0 Å². The van der Waals surface area contributed by atoms with E-state index in [1.54, 1.807) is 13.3 Å². The highest BCUT2D eigenvalue weighted by Crippen LogP contribution is 2.12. The average Bonchev–Trinajstić information content (AvgIpc) is 2.84. The highest BCUT2D eigenvalue weighted by atomic mass is 16.5. The first-order valence-electron chi connectivity index (χ1n) is 5.71. The molecule has 0 bridgehead atoms. The van der Waals surface area contributed by atoms with Crippen molar-refractivity contribution < 1.29 is 4.74 Å². The van der Waals surface area contributed by atoms with Crippen LogP contribution >= 0.6 is 0 Å². The lowest BCUT2D eigenvalue weighted by molar-refractivity contribution is 0.414. The van der Waals surface area contributed by atoms with Gasteiger partial charge in [0.05, 0.1) is 7.11 Å². The number of nitrogens with zero attached hydrogens (tertiary/aromatic N) is 2. The molecule has 0 aliphatic rings. The molecule has 0 aliphatic heterocycles. The third-order valence-electron chi connectivity index (χ3n) is 2.67. The largest absolute Gasteiger partial charge is 0.497 e. The van der Waals surface area contributed by atoms with Crippen LogP contribution in [-0.4, -0.2) is 16.7 Å². The highest BCUT2D eigenvalue weighted by Gasteiger charge is 2.00. The van der Waals surface area contributed by atoms with Crippen LogP contribution < -0.4 is 10.1 Å². The zero-order valence-corrected chi connectivity index (χ0v) is 10.2. The molecule has 1 N–H and O–H groups in total. The molecule has 90 valence electrons. The lowest BCUT2D eigenvalue weighted by Gasteiger charge is -2.08. The molecule has 1 heterocycles. The first-order chi connectivity index (χ1) is 8.33. The fraction of sp³-hybridized carbons (Fsp3) is 0.308. The lowest BCUT2D eigenvalue weighted by Crippen LogP contribution is -2.06. The monoisotopic (exact) mass is 231 g/mol. The zero-order valence-electron chi connectivity index (χ0n) is 10.2. The van der Waals surface area contributed by atoms with Crippen LogP contribution in [0.4, 0.5) is 5.95 Å². The van der Waals surface area contributed by atoms with Gasteiger partial charge in [0.1, 0.15) is 5.75 Å². The standard InChI is InChI=1S/C13H17N3O/c1-3-16-9-8-14-13(16)15-10-11-4-6-12(17-2)7-5-11/h4-9H,3,10H2,1-2H3,(H,14,15). The topological polar surface area (TPSA) is 39.1 Å². The number of anilines is 1. The van der Waals surface area contributed by atoms with E-state index in [2.05, 4.69) is 21.8 Å². The van der Waals surface area contributed by atoms with E-state index in [4.69, 9.17) is 4.74 Å². The minimum atomic E-state index is 0.765. The Morgan fingerprint density at radius 1 is 1.29 bits per heavy atom. The SMILES string of the molecule is CCn1ccnc1NCc1ccc(OC)cc1. The summed E-state index contributed by atoms with van der Waals surface area (Å²) in [7, 11) is 1.67. The summed E-state index contributed by atoms with van der Waals surface area (Å²) in [5, 5.41) is 3.31. The smallest absolute Gasteiger partial charge is 0.203 e. The molecule has 2 aromatic rings. The average molecular weight is 231 g/mol. The second-order valence-electron chi connectivity index (χ2n) is 3.74. The van der Waals surface area contributed by atoms with Crippen molar-refractivity contribution >= 4 is 5.95 Å². The summed E-state index contributed by atoms with van der Waals surface area (Å²) in [5.41, 5.74) is 1.21. The lowest BCUT2D eigenvalue weighted by atomic mass is 10.2. The molecule has 0 fully saturated rings. The summed E-state index contributed by atoms with van der Waals surface area (Å²) in [4.78, 5) is 4.26. The van der Waals surface area contributed by atoms with Crippen molar-refractivity contribution in [2.75, 3.05) is 12.4 Å². The van der Waals surface area contributed by atoms with Gasteiger partial charge in [-0.05, 0) is 24.6 Å². The normalized spacial score (nSPS) is 10.2. The minimum absolute atomic E-state index is 0.765. The van der Waals surface area contributed by atoms with Gasteiger partial charge in [0, 0.05) is 25.5 Å². The molecular weight excluding hydrogens is 214 g/mol. The maximum Gasteiger partial charge on any atom is 0.203 e. The van der Waals surface area contributed by atoms with Crippen LogP contribution in [0.3, 0.4) is 0 Å². The van der Waals surface area contributed by atoms with Gasteiger partial charge in [-0.3, -0.25) is 0 Å². The van der Waals surface area contributed by atoms with E-state index in [0.29, 0.717) is 0 Å². The Morgan fingerprint density at radius 2 is 2.06 bits per heavy atom. The quantitative estimate of drug-likeness (QED) is 0.859. The molecule has 0 amide bonds. The number of aryl methyl sites for hydroxylation is 1. The molecule has 4 heteroatoms. The number of hydrogen-bond donors (Lipinski definition) is 1. The third kappa shape index (κ3) is 2.78. The van der Waals surface area contributed by atoms with E-state index in [1.807, 2.05) is 30.5 Å². The van der Waals surface area contributed by atoms with E-state index < -0.39 is 0 Å². The van der Waals surface area contributed by atoms with Gasteiger partial charge in [-0.1, -0.05) is 12.1 Å². The second kappa shape index (κ2) is 5.39. The molecule has 17 heavy (non-hydrogen) atoms. The summed E-state index contributed by atoms with van der Waals surface area (Å²) in [6.45, 7) is 3.78. The summed E-state index contributed by atoms with van der Waals surface area (Å²) in [6.07, 6.45) is 3.77. The molecule has 1 aromatic heterocycles. The second-order valence-corrected chi connectivity index (χ2v) is 3.74. The number of methoxy groups -OCH3 is 1. The zero-order chi connectivity index (χ0) is 12.1. The van der Waals surface area contributed by atoms with Gasteiger partial charge in [-0.25, -0.2) is 4.98 Å². The number of nitrogens with one attached hydrogen (secondary N) is 1. The van der Waals surface area contributed by atoms with E-state index in [0.717, 1.165) is 24.8 Å². The predicted molar refractivity (Wildman–Crippen MR) is 68.2 cm³/mol. The Hall–Kier alpha value is -1.97. The van der Waals surface area contributed by atoms with Crippen LogP contribution in [0.1, 0.15) is 12.5 Å². The van der Waals surface area contributed by atoms with Crippen molar-refractivity contribution in [3.8, 4) is 5.75 Å².